The minimum Gasteiger partial charge on any atom is -0.294 e. The second-order valence-corrected chi connectivity index (χ2v) is 2.87. The average Bonchev–Trinajstić information content (AvgIpc) is 2.32. The van der Waals surface area contributed by atoms with Crippen LogP contribution in [0.5, 0.6) is 0 Å². The second kappa shape index (κ2) is 3.48. The molecule has 4 heteroatoms. The minimum atomic E-state index is 0.911. The van der Waals surface area contributed by atoms with Gasteiger partial charge in [0.2, 0.25) is 0 Å². The van der Waals surface area contributed by atoms with Gasteiger partial charge in [-0.25, -0.2) is 4.68 Å². The molecular formula is C7H8BrN3. The van der Waals surface area contributed by atoms with Gasteiger partial charge in [-0.1, -0.05) is 0 Å². The van der Waals surface area contributed by atoms with Gasteiger partial charge in [0.15, 0.2) is 0 Å². The van der Waals surface area contributed by atoms with Gasteiger partial charge in [0.1, 0.15) is 0 Å². The van der Waals surface area contributed by atoms with Crippen LogP contribution in [-0.2, 0) is 0 Å². The maximum atomic E-state index is 3.87. The van der Waals surface area contributed by atoms with E-state index >= 15 is 0 Å². The SMILES string of the molecule is C=Nn1cc(Br)cc1C=NC. The molecule has 1 aromatic heterocycles. The summed E-state index contributed by atoms with van der Waals surface area (Å²) in [6.07, 6.45) is 3.55. The lowest BCUT2D eigenvalue weighted by molar-refractivity contribution is 0.889. The van der Waals surface area contributed by atoms with E-state index in [2.05, 4.69) is 32.7 Å². The van der Waals surface area contributed by atoms with Crippen LogP contribution in [0.2, 0.25) is 0 Å². The monoisotopic (exact) mass is 213 g/mol. The number of aliphatic imine (C=N–C) groups is 1. The van der Waals surface area contributed by atoms with Gasteiger partial charge in [0.05, 0.1) is 5.69 Å². The zero-order valence-corrected chi connectivity index (χ0v) is 7.74. The van der Waals surface area contributed by atoms with Gasteiger partial charge < -0.3 is 0 Å². The summed E-state index contributed by atoms with van der Waals surface area (Å²) >= 11 is 3.32. The predicted octanol–water partition coefficient (Wildman–Crippen LogP) is 1.76. The molecule has 0 spiro atoms. The first-order valence-electron chi connectivity index (χ1n) is 3.05. The molecule has 0 fully saturated rings. The molecule has 0 aliphatic carbocycles. The Bertz CT molecular complexity index is 288. The van der Waals surface area contributed by atoms with E-state index in [9.17, 15) is 0 Å². The molecule has 0 radical (unpaired) electrons. The molecule has 3 nitrogen and oxygen atoms in total. The Morgan fingerprint density at radius 1 is 1.73 bits per heavy atom. The summed E-state index contributed by atoms with van der Waals surface area (Å²) in [6.45, 7) is 3.42. The zero-order chi connectivity index (χ0) is 8.27. The summed E-state index contributed by atoms with van der Waals surface area (Å²) in [5, 5.41) is 3.76. The Kier molecular flexibility index (Phi) is 2.59. The first-order valence-corrected chi connectivity index (χ1v) is 3.84. The van der Waals surface area contributed by atoms with Crippen LogP contribution in [0.1, 0.15) is 5.69 Å². The van der Waals surface area contributed by atoms with Gasteiger partial charge in [0, 0.05) is 30.6 Å². The fraction of sp³-hybridized carbons (Fsp3) is 0.143. The highest BCUT2D eigenvalue weighted by Crippen LogP contribution is 2.12. The van der Waals surface area contributed by atoms with Crippen LogP contribution >= 0.6 is 15.9 Å². The average molecular weight is 214 g/mol. The van der Waals surface area contributed by atoms with E-state index in [0.29, 0.717) is 0 Å². The molecule has 1 heterocycles. The standard InChI is InChI=1S/C7H8BrN3/c1-9-4-7-3-6(8)5-11(7)10-2/h3-5H,2H2,1H3. The molecule has 0 unspecified atom stereocenters. The van der Waals surface area contributed by atoms with Crippen molar-refractivity contribution in [3.63, 3.8) is 0 Å². The lowest BCUT2D eigenvalue weighted by atomic mass is 10.5. The number of nitrogens with zero attached hydrogens (tertiary/aromatic N) is 3. The van der Waals surface area contributed by atoms with Crippen LogP contribution in [-0.4, -0.2) is 24.7 Å². The molecule has 11 heavy (non-hydrogen) atoms. The molecule has 0 atom stereocenters. The Morgan fingerprint density at radius 2 is 2.45 bits per heavy atom. The van der Waals surface area contributed by atoms with E-state index in [0.717, 1.165) is 10.2 Å². The molecule has 1 rings (SSSR count). The van der Waals surface area contributed by atoms with E-state index < -0.39 is 0 Å². The molecule has 0 aromatic carbocycles. The van der Waals surface area contributed by atoms with E-state index in [1.165, 1.54) is 0 Å². The molecular weight excluding hydrogens is 206 g/mol. The molecule has 0 bridgehead atoms. The second-order valence-electron chi connectivity index (χ2n) is 1.96. The quantitative estimate of drug-likeness (QED) is 0.671. The van der Waals surface area contributed by atoms with Gasteiger partial charge in [0.25, 0.3) is 0 Å². The topological polar surface area (TPSA) is 29.6 Å². The molecule has 0 saturated carbocycles. The van der Waals surface area contributed by atoms with Crippen LogP contribution in [0.3, 0.4) is 0 Å². The minimum absolute atomic E-state index is 0.911. The number of aromatic nitrogens is 1. The Balaban J connectivity index is 3.11. The van der Waals surface area contributed by atoms with Crippen molar-refractivity contribution in [2.75, 3.05) is 7.05 Å². The van der Waals surface area contributed by atoms with Crippen LogP contribution in [0, 0.1) is 0 Å². The largest absolute Gasteiger partial charge is 0.294 e. The van der Waals surface area contributed by atoms with Crippen LogP contribution in [0.25, 0.3) is 0 Å². The van der Waals surface area contributed by atoms with Crippen molar-refractivity contribution in [3.05, 3.63) is 22.4 Å². The van der Waals surface area contributed by atoms with Gasteiger partial charge in [-0.15, -0.1) is 0 Å². The highest BCUT2D eigenvalue weighted by Gasteiger charge is 1.98. The summed E-state index contributed by atoms with van der Waals surface area (Å²) in [5.74, 6) is 0. The van der Waals surface area contributed by atoms with Crippen molar-refractivity contribution >= 4 is 28.9 Å². The van der Waals surface area contributed by atoms with E-state index in [1.54, 1.807) is 17.9 Å². The summed E-state index contributed by atoms with van der Waals surface area (Å²) in [7, 11) is 1.72. The van der Waals surface area contributed by atoms with Crippen LogP contribution in [0.4, 0.5) is 0 Å². The lowest BCUT2D eigenvalue weighted by Crippen LogP contribution is -1.91. The van der Waals surface area contributed by atoms with Gasteiger partial charge >= 0.3 is 0 Å². The Labute approximate surface area is 73.6 Å². The first kappa shape index (κ1) is 8.20. The predicted molar refractivity (Wildman–Crippen MR) is 50.6 cm³/mol. The van der Waals surface area contributed by atoms with Crippen LogP contribution < -0.4 is 0 Å². The normalized spacial score (nSPS) is 10.7. The summed E-state index contributed by atoms with van der Waals surface area (Å²) in [6, 6.07) is 1.92. The third-order valence-corrected chi connectivity index (χ3v) is 1.64. The molecule has 0 aliphatic heterocycles. The summed E-state index contributed by atoms with van der Waals surface area (Å²) in [5.41, 5.74) is 0.911. The van der Waals surface area contributed by atoms with Gasteiger partial charge in [-0.05, 0) is 22.0 Å². The molecule has 0 aliphatic rings. The maximum Gasteiger partial charge on any atom is 0.0835 e. The fourth-order valence-corrected chi connectivity index (χ4v) is 1.22. The van der Waals surface area contributed by atoms with Crippen molar-refractivity contribution in [1.82, 2.24) is 4.68 Å². The van der Waals surface area contributed by atoms with Crippen molar-refractivity contribution in [2.24, 2.45) is 10.1 Å². The number of hydrogen-bond donors (Lipinski definition) is 0. The molecule has 0 N–H and O–H groups in total. The molecule has 1 aromatic rings. The van der Waals surface area contributed by atoms with E-state index in [-0.39, 0.29) is 0 Å². The number of halogens is 1. The number of rotatable bonds is 2. The van der Waals surface area contributed by atoms with E-state index in [4.69, 9.17) is 0 Å². The first-order chi connectivity index (χ1) is 5.27. The van der Waals surface area contributed by atoms with Crippen molar-refractivity contribution in [3.8, 4) is 0 Å². The smallest absolute Gasteiger partial charge is 0.0835 e. The Morgan fingerprint density at radius 3 is 3.00 bits per heavy atom. The number of hydrogen-bond acceptors (Lipinski definition) is 2. The third-order valence-electron chi connectivity index (χ3n) is 1.21. The van der Waals surface area contributed by atoms with Gasteiger partial charge in [-0.2, -0.15) is 5.10 Å². The molecule has 58 valence electrons. The highest BCUT2D eigenvalue weighted by molar-refractivity contribution is 9.10. The van der Waals surface area contributed by atoms with E-state index in [1.807, 2.05) is 12.3 Å². The maximum absolute atomic E-state index is 3.87. The van der Waals surface area contributed by atoms with Gasteiger partial charge in [-0.3, -0.25) is 4.99 Å². The fourth-order valence-electron chi connectivity index (χ4n) is 0.787. The molecule has 0 saturated heterocycles. The highest BCUT2D eigenvalue weighted by atomic mass is 79.9. The summed E-state index contributed by atoms with van der Waals surface area (Å²) in [4.78, 5) is 3.87. The lowest BCUT2D eigenvalue weighted by Gasteiger charge is -1.92. The summed E-state index contributed by atoms with van der Waals surface area (Å²) < 4.78 is 2.62. The zero-order valence-electron chi connectivity index (χ0n) is 6.16. The molecule has 0 amide bonds. The van der Waals surface area contributed by atoms with Crippen molar-refractivity contribution < 1.29 is 0 Å². The third kappa shape index (κ3) is 1.77. The Hall–Kier alpha value is -0.900. The van der Waals surface area contributed by atoms with Crippen molar-refractivity contribution in [1.29, 1.82) is 0 Å². The van der Waals surface area contributed by atoms with Crippen LogP contribution in [0.15, 0.2) is 26.8 Å². The van der Waals surface area contributed by atoms with Crippen molar-refractivity contribution in [2.45, 2.75) is 0 Å².